The number of ether oxygens (including phenoxy) is 1. The molecule has 3 aromatic carbocycles. The molecule has 0 atom stereocenters. The number of rotatable bonds is 9. The Balaban J connectivity index is 1.49. The van der Waals surface area contributed by atoms with E-state index in [1.807, 2.05) is 72.8 Å². The molecule has 1 N–H and O–H groups in total. The normalized spacial score (nSPS) is 10.3. The molecule has 0 heterocycles. The monoisotopic (exact) mass is 374 g/mol. The SMILES string of the molecule is CN(CCCNC(=O)c1ccccc1COc1ccccc1)c1ccccc1. The van der Waals surface area contributed by atoms with Gasteiger partial charge < -0.3 is 15.0 Å². The first-order chi connectivity index (χ1) is 13.7. The van der Waals surface area contributed by atoms with Crippen LogP contribution in [0.5, 0.6) is 5.75 Å². The van der Waals surface area contributed by atoms with Crippen molar-refractivity contribution in [3.8, 4) is 5.75 Å². The Kier molecular flexibility index (Phi) is 7.08. The lowest BCUT2D eigenvalue weighted by Crippen LogP contribution is -2.29. The molecule has 3 aromatic rings. The predicted octanol–water partition coefficient (Wildman–Crippen LogP) is 4.52. The molecule has 0 fully saturated rings. The lowest BCUT2D eigenvalue weighted by molar-refractivity contribution is 0.0951. The summed E-state index contributed by atoms with van der Waals surface area (Å²) in [5.74, 6) is 0.733. The molecule has 0 aliphatic heterocycles. The van der Waals surface area contributed by atoms with E-state index in [4.69, 9.17) is 4.74 Å². The smallest absolute Gasteiger partial charge is 0.251 e. The predicted molar refractivity (Wildman–Crippen MR) is 114 cm³/mol. The zero-order valence-electron chi connectivity index (χ0n) is 16.2. The zero-order valence-corrected chi connectivity index (χ0v) is 16.2. The van der Waals surface area contributed by atoms with E-state index in [9.17, 15) is 4.79 Å². The van der Waals surface area contributed by atoms with Crippen molar-refractivity contribution >= 4 is 11.6 Å². The minimum Gasteiger partial charge on any atom is -0.489 e. The number of hydrogen-bond donors (Lipinski definition) is 1. The Labute approximate surface area is 166 Å². The summed E-state index contributed by atoms with van der Waals surface area (Å²) in [7, 11) is 2.06. The van der Waals surface area contributed by atoms with Crippen molar-refractivity contribution in [3.05, 3.63) is 96.1 Å². The Hall–Kier alpha value is -3.27. The van der Waals surface area contributed by atoms with Gasteiger partial charge in [0.25, 0.3) is 5.91 Å². The van der Waals surface area contributed by atoms with E-state index >= 15 is 0 Å². The van der Waals surface area contributed by atoms with Crippen molar-refractivity contribution in [2.24, 2.45) is 0 Å². The van der Waals surface area contributed by atoms with Crippen molar-refractivity contribution < 1.29 is 9.53 Å². The average molecular weight is 374 g/mol. The van der Waals surface area contributed by atoms with Gasteiger partial charge in [-0.2, -0.15) is 0 Å². The van der Waals surface area contributed by atoms with Crippen LogP contribution in [0.3, 0.4) is 0 Å². The van der Waals surface area contributed by atoms with E-state index < -0.39 is 0 Å². The Morgan fingerprint density at radius 2 is 1.54 bits per heavy atom. The van der Waals surface area contributed by atoms with Gasteiger partial charge in [-0.15, -0.1) is 0 Å². The highest BCUT2D eigenvalue weighted by atomic mass is 16.5. The molecule has 0 aliphatic carbocycles. The maximum Gasteiger partial charge on any atom is 0.251 e. The lowest BCUT2D eigenvalue weighted by atomic mass is 10.1. The van der Waals surface area contributed by atoms with Gasteiger partial charge in [-0.1, -0.05) is 54.6 Å². The van der Waals surface area contributed by atoms with Crippen LogP contribution in [0.4, 0.5) is 5.69 Å². The fourth-order valence-electron chi connectivity index (χ4n) is 2.97. The summed E-state index contributed by atoms with van der Waals surface area (Å²) in [4.78, 5) is 14.8. The first kappa shape index (κ1) is 19.5. The maximum absolute atomic E-state index is 12.6. The molecule has 144 valence electrons. The van der Waals surface area contributed by atoms with Crippen molar-refractivity contribution in [2.45, 2.75) is 13.0 Å². The van der Waals surface area contributed by atoms with E-state index in [0.29, 0.717) is 18.7 Å². The van der Waals surface area contributed by atoms with Crippen molar-refractivity contribution in [3.63, 3.8) is 0 Å². The number of para-hydroxylation sites is 2. The minimum atomic E-state index is -0.0605. The second kappa shape index (κ2) is 10.2. The highest BCUT2D eigenvalue weighted by molar-refractivity contribution is 5.95. The van der Waals surface area contributed by atoms with Gasteiger partial charge in [-0.25, -0.2) is 0 Å². The summed E-state index contributed by atoms with van der Waals surface area (Å²) >= 11 is 0. The van der Waals surface area contributed by atoms with Crippen LogP contribution in [0, 0.1) is 0 Å². The summed E-state index contributed by atoms with van der Waals surface area (Å²) in [6, 6.07) is 27.4. The van der Waals surface area contributed by atoms with Crippen molar-refractivity contribution in [1.82, 2.24) is 5.32 Å². The molecule has 1 amide bonds. The van der Waals surface area contributed by atoms with Gasteiger partial charge in [0.05, 0.1) is 0 Å². The molecule has 0 saturated heterocycles. The summed E-state index contributed by atoms with van der Waals surface area (Å²) < 4.78 is 5.80. The number of hydrogen-bond acceptors (Lipinski definition) is 3. The van der Waals surface area contributed by atoms with E-state index in [2.05, 4.69) is 29.4 Å². The number of carbonyl (C=O) groups excluding carboxylic acids is 1. The van der Waals surface area contributed by atoms with E-state index in [1.54, 1.807) is 0 Å². The first-order valence-corrected chi connectivity index (χ1v) is 9.54. The van der Waals surface area contributed by atoms with Crippen LogP contribution >= 0.6 is 0 Å². The van der Waals surface area contributed by atoms with Crippen molar-refractivity contribution in [2.75, 3.05) is 25.0 Å². The average Bonchev–Trinajstić information content (AvgIpc) is 2.76. The second-order valence-electron chi connectivity index (χ2n) is 6.63. The Morgan fingerprint density at radius 3 is 2.29 bits per heavy atom. The van der Waals surface area contributed by atoms with Crippen LogP contribution in [0.25, 0.3) is 0 Å². The highest BCUT2D eigenvalue weighted by Crippen LogP contribution is 2.15. The molecule has 4 nitrogen and oxygen atoms in total. The second-order valence-corrected chi connectivity index (χ2v) is 6.63. The van der Waals surface area contributed by atoms with Crippen LogP contribution in [-0.4, -0.2) is 26.0 Å². The van der Waals surface area contributed by atoms with E-state index in [1.165, 1.54) is 5.69 Å². The largest absolute Gasteiger partial charge is 0.489 e. The lowest BCUT2D eigenvalue weighted by Gasteiger charge is -2.19. The molecular formula is C24H26N2O2. The topological polar surface area (TPSA) is 41.6 Å². The molecular weight excluding hydrogens is 348 g/mol. The molecule has 0 aromatic heterocycles. The highest BCUT2D eigenvalue weighted by Gasteiger charge is 2.11. The fraction of sp³-hybridized carbons (Fsp3) is 0.208. The molecule has 0 bridgehead atoms. The number of nitrogens with zero attached hydrogens (tertiary/aromatic N) is 1. The zero-order chi connectivity index (χ0) is 19.6. The van der Waals surface area contributed by atoms with Crippen LogP contribution in [-0.2, 0) is 6.61 Å². The van der Waals surface area contributed by atoms with E-state index in [-0.39, 0.29) is 5.91 Å². The number of anilines is 1. The van der Waals surface area contributed by atoms with Gasteiger partial charge in [-0.05, 0) is 36.8 Å². The summed E-state index contributed by atoms with van der Waals surface area (Å²) in [5.41, 5.74) is 2.72. The molecule has 0 unspecified atom stereocenters. The fourth-order valence-corrected chi connectivity index (χ4v) is 2.97. The summed E-state index contributed by atoms with van der Waals surface area (Å²) in [6.45, 7) is 1.87. The number of amides is 1. The quantitative estimate of drug-likeness (QED) is 0.560. The molecule has 4 heteroatoms. The number of nitrogens with one attached hydrogen (secondary N) is 1. The Bertz CT molecular complexity index is 866. The molecule has 0 aliphatic rings. The molecule has 3 rings (SSSR count). The molecule has 0 radical (unpaired) electrons. The molecule has 0 spiro atoms. The number of benzene rings is 3. The third kappa shape index (κ3) is 5.61. The molecule has 28 heavy (non-hydrogen) atoms. The van der Waals surface area contributed by atoms with Gasteiger partial charge in [0, 0.05) is 37.0 Å². The van der Waals surface area contributed by atoms with Crippen LogP contribution < -0.4 is 15.0 Å². The van der Waals surface area contributed by atoms with Gasteiger partial charge in [0.15, 0.2) is 0 Å². The number of carbonyl (C=O) groups is 1. The third-order valence-electron chi connectivity index (χ3n) is 4.55. The third-order valence-corrected chi connectivity index (χ3v) is 4.55. The minimum absolute atomic E-state index is 0.0605. The van der Waals surface area contributed by atoms with Gasteiger partial charge >= 0.3 is 0 Å². The maximum atomic E-state index is 12.6. The van der Waals surface area contributed by atoms with Crippen LogP contribution in [0.2, 0.25) is 0 Å². The molecule has 0 saturated carbocycles. The van der Waals surface area contributed by atoms with Crippen molar-refractivity contribution in [1.29, 1.82) is 0 Å². The van der Waals surface area contributed by atoms with Crippen LogP contribution in [0.15, 0.2) is 84.9 Å². The first-order valence-electron chi connectivity index (χ1n) is 9.54. The summed E-state index contributed by atoms with van der Waals surface area (Å²) in [6.07, 6.45) is 0.875. The van der Waals surface area contributed by atoms with Gasteiger partial charge in [0.2, 0.25) is 0 Å². The summed E-state index contributed by atoms with van der Waals surface area (Å²) in [5, 5.41) is 3.02. The van der Waals surface area contributed by atoms with Gasteiger partial charge in [-0.3, -0.25) is 4.79 Å². The standard InChI is InChI=1S/C24H26N2O2/c1-26(21-12-4-2-5-13-21)18-10-17-25-24(27)23-16-9-8-11-20(23)19-28-22-14-6-3-7-15-22/h2-9,11-16H,10,17-19H2,1H3,(H,25,27). The Morgan fingerprint density at radius 1 is 0.893 bits per heavy atom. The van der Waals surface area contributed by atoms with E-state index in [0.717, 1.165) is 24.3 Å². The van der Waals surface area contributed by atoms with Gasteiger partial charge in [0.1, 0.15) is 12.4 Å². The van der Waals surface area contributed by atoms with Crippen LogP contribution in [0.1, 0.15) is 22.3 Å².